The number of nitro benzene ring substituents is 1. The van der Waals surface area contributed by atoms with Crippen molar-refractivity contribution in [2.45, 2.75) is 10.8 Å². The van der Waals surface area contributed by atoms with Gasteiger partial charge in [-0.1, -0.05) is 0 Å². The molecule has 9 heteroatoms. The summed E-state index contributed by atoms with van der Waals surface area (Å²) in [6.45, 7) is 0. The van der Waals surface area contributed by atoms with Crippen LogP contribution in [0.4, 0.5) is 5.69 Å². The van der Waals surface area contributed by atoms with Gasteiger partial charge in [0.2, 0.25) is 0 Å². The third-order valence-electron chi connectivity index (χ3n) is 1.68. The minimum absolute atomic E-state index is 0. The van der Waals surface area contributed by atoms with Crippen LogP contribution in [-0.4, -0.2) is 17.9 Å². The van der Waals surface area contributed by atoms with Crippen molar-refractivity contribution in [1.29, 1.82) is 0 Å². The van der Waals surface area contributed by atoms with E-state index in [0.29, 0.717) is 0 Å². The SMILES string of the molecule is O=[N+]([O-])c1ccc(CCl)c(S(=O)(=O)O)c1.[H-].[Na+]. The maximum Gasteiger partial charge on any atom is 1.00 e. The van der Waals surface area contributed by atoms with Gasteiger partial charge in [-0.05, 0) is 11.6 Å². The van der Waals surface area contributed by atoms with Gasteiger partial charge >= 0.3 is 29.6 Å². The van der Waals surface area contributed by atoms with Crippen molar-refractivity contribution >= 4 is 27.4 Å². The number of alkyl halides is 1. The molecule has 0 fully saturated rings. The van der Waals surface area contributed by atoms with Crippen LogP contribution < -0.4 is 29.6 Å². The van der Waals surface area contributed by atoms with Gasteiger partial charge in [0.05, 0.1) is 4.92 Å². The van der Waals surface area contributed by atoms with E-state index in [0.717, 1.165) is 12.1 Å². The fourth-order valence-electron chi connectivity index (χ4n) is 1.01. The summed E-state index contributed by atoms with van der Waals surface area (Å²) in [6.07, 6.45) is 0. The molecule has 0 saturated carbocycles. The fraction of sp³-hybridized carbons (Fsp3) is 0.143. The van der Waals surface area contributed by atoms with Gasteiger partial charge in [-0.3, -0.25) is 14.7 Å². The Morgan fingerprint density at radius 3 is 2.44 bits per heavy atom. The number of hydrogen-bond donors (Lipinski definition) is 1. The number of benzene rings is 1. The van der Waals surface area contributed by atoms with Crippen molar-refractivity contribution in [3.05, 3.63) is 33.9 Å². The van der Waals surface area contributed by atoms with E-state index >= 15 is 0 Å². The second-order valence-corrected chi connectivity index (χ2v) is 4.32. The van der Waals surface area contributed by atoms with E-state index in [4.69, 9.17) is 16.2 Å². The summed E-state index contributed by atoms with van der Waals surface area (Å²) < 4.78 is 30.5. The first-order valence-electron chi connectivity index (χ1n) is 3.67. The van der Waals surface area contributed by atoms with Crippen LogP contribution in [0.15, 0.2) is 23.1 Å². The molecule has 1 aromatic rings. The minimum Gasteiger partial charge on any atom is -1.00 e. The number of halogens is 1. The molecule has 0 aliphatic heterocycles. The summed E-state index contributed by atoms with van der Waals surface area (Å²) in [5, 5.41) is 10.4. The maximum absolute atomic E-state index is 10.9. The van der Waals surface area contributed by atoms with Crippen LogP contribution in [0.1, 0.15) is 6.99 Å². The Labute approximate surface area is 120 Å². The van der Waals surface area contributed by atoms with Crippen LogP contribution in [0.25, 0.3) is 0 Å². The summed E-state index contributed by atoms with van der Waals surface area (Å²) in [5.74, 6) is -0.160. The Morgan fingerprint density at radius 1 is 1.50 bits per heavy atom. The Bertz CT molecular complexity index is 509. The van der Waals surface area contributed by atoms with Crippen molar-refractivity contribution in [3.63, 3.8) is 0 Å². The van der Waals surface area contributed by atoms with Crippen LogP contribution in [0, 0.1) is 10.1 Å². The standard InChI is InChI=1S/C7H6ClNO5S.Na.H/c8-4-5-1-2-6(9(10)11)3-7(5)15(12,13)14;;/h1-3H,4H2,(H,12,13,14);;/q;+1;-1. The van der Waals surface area contributed by atoms with Gasteiger partial charge in [0.25, 0.3) is 15.8 Å². The van der Waals surface area contributed by atoms with Crippen LogP contribution in [0.3, 0.4) is 0 Å². The van der Waals surface area contributed by atoms with Gasteiger partial charge in [0.15, 0.2) is 0 Å². The van der Waals surface area contributed by atoms with E-state index in [-0.39, 0.29) is 42.4 Å². The molecule has 0 atom stereocenters. The van der Waals surface area contributed by atoms with Crippen molar-refractivity contribution < 1.29 is 48.9 Å². The Balaban J connectivity index is 0. The first kappa shape index (κ1) is 15.8. The Morgan fingerprint density at radius 2 is 2.06 bits per heavy atom. The van der Waals surface area contributed by atoms with E-state index in [1.807, 2.05) is 0 Å². The molecular formula is C7H7ClNNaO5S. The van der Waals surface area contributed by atoms with Gasteiger partial charge in [-0.25, -0.2) is 0 Å². The summed E-state index contributed by atoms with van der Waals surface area (Å²) in [4.78, 5) is 9.08. The van der Waals surface area contributed by atoms with Crippen molar-refractivity contribution in [2.24, 2.45) is 0 Å². The first-order chi connectivity index (χ1) is 6.86. The number of hydrogen-bond acceptors (Lipinski definition) is 4. The molecule has 6 nitrogen and oxygen atoms in total. The molecule has 0 aliphatic rings. The zero-order valence-corrected chi connectivity index (χ0v) is 11.8. The van der Waals surface area contributed by atoms with Gasteiger partial charge in [0, 0.05) is 18.0 Å². The average molecular weight is 276 g/mol. The maximum atomic E-state index is 10.9. The molecule has 0 aromatic heterocycles. The monoisotopic (exact) mass is 275 g/mol. The molecule has 16 heavy (non-hydrogen) atoms. The van der Waals surface area contributed by atoms with Crippen LogP contribution in [0.5, 0.6) is 0 Å². The molecule has 0 bridgehead atoms. The van der Waals surface area contributed by atoms with E-state index in [2.05, 4.69) is 0 Å². The molecule has 0 aliphatic carbocycles. The molecule has 0 heterocycles. The number of rotatable bonds is 3. The average Bonchev–Trinajstić information content (AvgIpc) is 2.15. The third-order valence-corrected chi connectivity index (χ3v) is 2.91. The first-order valence-corrected chi connectivity index (χ1v) is 5.64. The number of nitro groups is 1. The normalized spacial score (nSPS) is 10.6. The molecule has 1 rings (SSSR count). The zero-order valence-electron chi connectivity index (χ0n) is 9.25. The van der Waals surface area contributed by atoms with Gasteiger partial charge < -0.3 is 1.43 Å². The van der Waals surface area contributed by atoms with Gasteiger partial charge in [-0.2, -0.15) is 8.42 Å². The molecule has 1 aromatic carbocycles. The van der Waals surface area contributed by atoms with Crippen molar-refractivity contribution in [2.75, 3.05) is 0 Å². The smallest absolute Gasteiger partial charge is 1.00 e. The molecule has 0 saturated heterocycles. The van der Waals surface area contributed by atoms with E-state index in [1.165, 1.54) is 6.07 Å². The minimum atomic E-state index is -4.49. The van der Waals surface area contributed by atoms with E-state index < -0.39 is 25.6 Å². The summed E-state index contributed by atoms with van der Waals surface area (Å²) in [7, 11) is -4.49. The Hall–Kier alpha value is -0.180. The summed E-state index contributed by atoms with van der Waals surface area (Å²) in [5.41, 5.74) is -0.304. The predicted octanol–water partition coefficient (Wildman–Crippen LogP) is -1.30. The molecule has 0 radical (unpaired) electrons. The van der Waals surface area contributed by atoms with E-state index in [1.54, 1.807) is 0 Å². The third kappa shape index (κ3) is 3.69. The molecular weight excluding hydrogens is 269 g/mol. The van der Waals surface area contributed by atoms with Crippen LogP contribution >= 0.6 is 11.6 Å². The quantitative estimate of drug-likeness (QED) is 0.243. The van der Waals surface area contributed by atoms with Crippen molar-refractivity contribution in [1.82, 2.24) is 0 Å². The largest absolute Gasteiger partial charge is 1.00 e. The second-order valence-electron chi connectivity index (χ2n) is 2.66. The number of nitrogens with zero attached hydrogens (tertiary/aromatic N) is 1. The van der Waals surface area contributed by atoms with Gasteiger partial charge in [-0.15, -0.1) is 11.6 Å². The molecule has 0 amide bonds. The van der Waals surface area contributed by atoms with E-state index in [9.17, 15) is 18.5 Å². The zero-order chi connectivity index (χ0) is 11.6. The molecule has 1 N–H and O–H groups in total. The molecule has 84 valence electrons. The summed E-state index contributed by atoms with van der Waals surface area (Å²) >= 11 is 5.42. The topological polar surface area (TPSA) is 97.5 Å². The fourth-order valence-corrected chi connectivity index (χ4v) is 2.06. The summed E-state index contributed by atoms with van der Waals surface area (Å²) in [6, 6.07) is 3.08. The molecule has 0 unspecified atom stereocenters. The van der Waals surface area contributed by atoms with Crippen LogP contribution in [-0.2, 0) is 16.0 Å². The second kappa shape index (κ2) is 5.95. The predicted molar refractivity (Wildman–Crippen MR) is 53.6 cm³/mol. The molecule has 0 spiro atoms. The Kier molecular flexibility index (Phi) is 5.88. The van der Waals surface area contributed by atoms with Crippen LogP contribution in [0.2, 0.25) is 0 Å². The number of non-ortho nitro benzene ring substituents is 1. The van der Waals surface area contributed by atoms with Crippen molar-refractivity contribution in [3.8, 4) is 0 Å². The van der Waals surface area contributed by atoms with Gasteiger partial charge in [0.1, 0.15) is 4.90 Å².